The normalized spacial score (nSPS) is 18.5. The lowest BCUT2D eigenvalue weighted by atomic mass is 10.0. The summed E-state index contributed by atoms with van der Waals surface area (Å²) in [5.41, 5.74) is 2.86. The third kappa shape index (κ3) is 4.90. The van der Waals surface area contributed by atoms with E-state index in [0.29, 0.717) is 29.6 Å². The van der Waals surface area contributed by atoms with E-state index in [9.17, 15) is 13.2 Å². The predicted molar refractivity (Wildman–Crippen MR) is 143 cm³/mol. The van der Waals surface area contributed by atoms with Crippen LogP contribution in [0.5, 0.6) is 11.5 Å². The van der Waals surface area contributed by atoms with Crippen LogP contribution in [0.2, 0.25) is 0 Å². The van der Waals surface area contributed by atoms with Crippen molar-refractivity contribution in [3.05, 3.63) is 47.5 Å². The summed E-state index contributed by atoms with van der Waals surface area (Å²) in [7, 11) is -0.0959. The van der Waals surface area contributed by atoms with Gasteiger partial charge in [0.2, 0.25) is 0 Å². The molecular weight excluding hydrogens is 508 g/mol. The van der Waals surface area contributed by atoms with Crippen molar-refractivity contribution in [3.63, 3.8) is 0 Å². The highest BCUT2D eigenvalue weighted by Gasteiger charge is 2.37. The van der Waals surface area contributed by atoms with Gasteiger partial charge in [0.25, 0.3) is 15.9 Å². The number of ether oxygens (including phenoxy) is 2. The summed E-state index contributed by atoms with van der Waals surface area (Å²) in [4.78, 5) is 14.2. The molecule has 2 aliphatic rings. The van der Waals surface area contributed by atoms with Gasteiger partial charge in [-0.05, 0) is 55.4 Å². The molecule has 1 aliphatic carbocycles. The van der Waals surface area contributed by atoms with Crippen molar-refractivity contribution in [3.8, 4) is 22.8 Å². The Kier molecular flexibility index (Phi) is 6.95. The molecule has 2 heterocycles. The Balaban J connectivity index is 1.54. The molecule has 0 radical (unpaired) electrons. The standard InChI is InChI=1S/C27H32N4O6S/c1-16-11-18(16)13-21-24(17-7-5-8-20(12-17)31-9-6-10-31)37-29-26(21)30-38(33,34)25-22(35-3)14-19(27(32)28-2)15-23(25)36-4/h5,7-8,12,14-16,18H,6,9-11,13H2,1-4H3,(H,28,32)(H,29,30)/t16-,18-/m0/s1. The number of carbonyl (C=O) groups excluding carboxylic acids is 1. The highest BCUT2D eigenvalue weighted by atomic mass is 32.2. The fourth-order valence-corrected chi connectivity index (χ4v) is 6.10. The van der Waals surface area contributed by atoms with E-state index in [1.54, 1.807) is 0 Å². The smallest absolute Gasteiger partial charge is 0.270 e. The minimum atomic E-state index is -4.25. The number of anilines is 2. The average Bonchev–Trinajstić information content (AvgIpc) is 3.45. The van der Waals surface area contributed by atoms with Crippen LogP contribution in [0.3, 0.4) is 0 Å². The Hall–Kier alpha value is -3.73. The van der Waals surface area contributed by atoms with E-state index in [0.717, 1.165) is 30.8 Å². The van der Waals surface area contributed by atoms with Crippen LogP contribution in [-0.2, 0) is 16.4 Å². The Labute approximate surface area is 222 Å². The highest BCUT2D eigenvalue weighted by Crippen LogP contribution is 2.45. The molecule has 0 spiro atoms. The van der Waals surface area contributed by atoms with Gasteiger partial charge in [-0.25, -0.2) is 8.42 Å². The minimum Gasteiger partial charge on any atom is -0.495 e. The monoisotopic (exact) mass is 540 g/mol. The van der Waals surface area contributed by atoms with Gasteiger partial charge in [0.15, 0.2) is 16.5 Å². The Bertz CT molecular complexity index is 1440. The number of rotatable bonds is 10. The summed E-state index contributed by atoms with van der Waals surface area (Å²) in [6.45, 7) is 4.20. The van der Waals surface area contributed by atoms with Crippen LogP contribution < -0.4 is 24.4 Å². The number of nitrogens with one attached hydrogen (secondary N) is 2. The zero-order chi connectivity index (χ0) is 27.0. The molecule has 1 aliphatic heterocycles. The molecule has 2 atom stereocenters. The molecule has 38 heavy (non-hydrogen) atoms. The lowest BCUT2D eigenvalue weighted by molar-refractivity contribution is 0.0962. The van der Waals surface area contributed by atoms with E-state index in [1.165, 1.54) is 39.8 Å². The van der Waals surface area contributed by atoms with Crippen LogP contribution in [0.4, 0.5) is 11.5 Å². The van der Waals surface area contributed by atoms with Crippen LogP contribution in [0, 0.1) is 11.8 Å². The Morgan fingerprint density at radius 2 is 1.84 bits per heavy atom. The van der Waals surface area contributed by atoms with Gasteiger partial charge in [-0.15, -0.1) is 0 Å². The third-order valence-corrected chi connectivity index (χ3v) is 8.71. The molecule has 0 bridgehead atoms. The van der Waals surface area contributed by atoms with E-state index in [1.807, 2.05) is 12.1 Å². The van der Waals surface area contributed by atoms with Gasteiger partial charge in [-0.2, -0.15) is 0 Å². The quantitative estimate of drug-likeness (QED) is 0.397. The van der Waals surface area contributed by atoms with Crippen molar-refractivity contribution in [2.24, 2.45) is 11.8 Å². The molecular formula is C27H32N4O6S. The topological polar surface area (TPSA) is 123 Å². The van der Waals surface area contributed by atoms with E-state index in [2.05, 4.69) is 39.2 Å². The summed E-state index contributed by atoms with van der Waals surface area (Å²) in [6.07, 6.45) is 2.86. The first-order chi connectivity index (χ1) is 18.2. The first-order valence-electron chi connectivity index (χ1n) is 12.6. The van der Waals surface area contributed by atoms with Gasteiger partial charge in [0.1, 0.15) is 11.5 Å². The van der Waals surface area contributed by atoms with Crippen LogP contribution in [-0.4, -0.2) is 53.8 Å². The van der Waals surface area contributed by atoms with E-state index in [-0.39, 0.29) is 27.8 Å². The fourth-order valence-electron chi connectivity index (χ4n) is 4.77. The molecule has 2 aromatic carbocycles. The second-order valence-corrected chi connectivity index (χ2v) is 11.4. The van der Waals surface area contributed by atoms with Crippen molar-refractivity contribution in [1.29, 1.82) is 0 Å². The van der Waals surface area contributed by atoms with Gasteiger partial charge in [-0.1, -0.05) is 24.2 Å². The highest BCUT2D eigenvalue weighted by molar-refractivity contribution is 7.93. The van der Waals surface area contributed by atoms with E-state index >= 15 is 0 Å². The Morgan fingerprint density at radius 1 is 1.16 bits per heavy atom. The molecule has 202 valence electrons. The first-order valence-corrected chi connectivity index (χ1v) is 14.1. The predicted octanol–water partition coefficient (Wildman–Crippen LogP) is 3.93. The number of amides is 1. The number of aromatic nitrogens is 1. The summed E-state index contributed by atoms with van der Waals surface area (Å²) in [5.74, 6) is 1.20. The lowest BCUT2D eigenvalue weighted by Crippen LogP contribution is -2.36. The number of nitrogens with zero attached hydrogens (tertiary/aromatic N) is 2. The SMILES string of the molecule is CNC(=O)c1cc(OC)c(S(=O)(=O)Nc2noc(-c3cccc(N4CCC4)c3)c2C[C@@H]2C[C@@H]2C)c(OC)c1. The Morgan fingerprint density at radius 3 is 2.39 bits per heavy atom. The lowest BCUT2D eigenvalue weighted by Gasteiger charge is -2.33. The van der Waals surface area contributed by atoms with Crippen molar-refractivity contribution in [2.45, 2.75) is 31.1 Å². The van der Waals surface area contributed by atoms with Crippen LogP contribution in [0.25, 0.3) is 11.3 Å². The molecule has 2 N–H and O–H groups in total. The largest absolute Gasteiger partial charge is 0.495 e. The summed E-state index contributed by atoms with van der Waals surface area (Å²) in [5, 5.41) is 6.68. The molecule has 1 aromatic heterocycles. The van der Waals surface area contributed by atoms with Crippen LogP contribution >= 0.6 is 0 Å². The van der Waals surface area contributed by atoms with Gasteiger partial charge in [0.05, 0.1) is 14.2 Å². The number of carbonyl (C=O) groups is 1. The number of methoxy groups -OCH3 is 2. The number of hydrogen-bond acceptors (Lipinski definition) is 8. The third-order valence-electron chi connectivity index (χ3n) is 7.31. The molecule has 2 fully saturated rings. The fraction of sp³-hybridized carbons (Fsp3) is 0.407. The molecule has 1 saturated carbocycles. The zero-order valence-electron chi connectivity index (χ0n) is 21.9. The maximum absolute atomic E-state index is 13.7. The van der Waals surface area contributed by atoms with Crippen LogP contribution in [0.15, 0.2) is 45.8 Å². The van der Waals surface area contributed by atoms with Gasteiger partial charge >= 0.3 is 0 Å². The van der Waals surface area contributed by atoms with E-state index < -0.39 is 15.9 Å². The van der Waals surface area contributed by atoms with Crippen molar-refractivity contribution >= 4 is 27.4 Å². The molecule has 10 nitrogen and oxygen atoms in total. The molecule has 3 aromatic rings. The summed E-state index contributed by atoms with van der Waals surface area (Å²) >= 11 is 0. The molecule has 11 heteroatoms. The minimum absolute atomic E-state index is 0.0289. The summed E-state index contributed by atoms with van der Waals surface area (Å²) < 4.78 is 46.5. The van der Waals surface area contributed by atoms with Crippen molar-refractivity contribution < 1.29 is 27.2 Å². The number of hydrogen-bond donors (Lipinski definition) is 2. The molecule has 1 saturated heterocycles. The zero-order valence-corrected chi connectivity index (χ0v) is 22.7. The number of sulfonamides is 1. The second-order valence-electron chi connectivity index (χ2n) is 9.80. The maximum Gasteiger partial charge on any atom is 0.270 e. The van der Waals surface area contributed by atoms with Gasteiger partial charge < -0.3 is 24.2 Å². The average molecular weight is 541 g/mol. The van der Waals surface area contributed by atoms with Gasteiger partial charge in [-0.3, -0.25) is 9.52 Å². The maximum atomic E-state index is 13.7. The van der Waals surface area contributed by atoms with Crippen molar-refractivity contribution in [1.82, 2.24) is 10.5 Å². The second kappa shape index (κ2) is 10.2. The molecule has 0 unspecified atom stereocenters. The summed E-state index contributed by atoms with van der Waals surface area (Å²) in [6, 6.07) is 10.8. The molecule has 1 amide bonds. The molecule has 5 rings (SSSR count). The van der Waals surface area contributed by atoms with E-state index in [4.69, 9.17) is 14.0 Å². The van der Waals surface area contributed by atoms with Crippen molar-refractivity contribution in [2.75, 3.05) is 44.0 Å². The number of benzene rings is 2. The van der Waals surface area contributed by atoms with Crippen LogP contribution in [0.1, 0.15) is 35.7 Å². The first kappa shape index (κ1) is 25.9. The van der Waals surface area contributed by atoms with Gasteiger partial charge in [0, 0.05) is 42.5 Å².